The van der Waals surface area contributed by atoms with Crippen LogP contribution in [0.25, 0.3) is 0 Å². The van der Waals surface area contributed by atoms with Gasteiger partial charge in [0.05, 0.1) is 12.1 Å². The lowest BCUT2D eigenvalue weighted by atomic mass is 9.77. The van der Waals surface area contributed by atoms with Crippen molar-refractivity contribution in [2.45, 2.75) is 38.5 Å². The monoisotopic (exact) mass is 289 g/mol. The van der Waals surface area contributed by atoms with Crippen molar-refractivity contribution in [1.82, 2.24) is 4.90 Å². The number of rotatable bonds is 3. The third kappa shape index (κ3) is 3.05. The second kappa shape index (κ2) is 5.68. The predicted molar refractivity (Wildman–Crippen MR) is 80.7 cm³/mol. The van der Waals surface area contributed by atoms with Crippen LogP contribution >= 0.6 is 0 Å². The summed E-state index contributed by atoms with van der Waals surface area (Å²) >= 11 is 0. The highest BCUT2D eigenvalue weighted by atomic mass is 16.3. The fraction of sp³-hybridized carbons (Fsp3) is 0.588. The molecule has 21 heavy (non-hydrogen) atoms. The number of benzene rings is 1. The van der Waals surface area contributed by atoms with Gasteiger partial charge in [-0.3, -0.25) is 9.69 Å². The highest BCUT2D eigenvalue weighted by Crippen LogP contribution is 2.46. The molecule has 2 N–H and O–H groups in total. The van der Waals surface area contributed by atoms with Crippen molar-refractivity contribution in [2.24, 2.45) is 5.41 Å². The summed E-state index contributed by atoms with van der Waals surface area (Å²) in [6.45, 7) is 2.31. The Balaban J connectivity index is 1.58. The molecule has 2 aliphatic rings. The first kappa shape index (κ1) is 14.4. The second-order valence-corrected chi connectivity index (χ2v) is 6.61. The van der Waals surface area contributed by atoms with E-state index in [0.717, 1.165) is 13.1 Å². The summed E-state index contributed by atoms with van der Waals surface area (Å²) in [7, 11) is 0. The van der Waals surface area contributed by atoms with Crippen LogP contribution in [0, 0.1) is 5.41 Å². The Morgan fingerprint density at radius 3 is 2.38 bits per heavy atom. The Morgan fingerprint density at radius 1 is 1.10 bits per heavy atom. The van der Waals surface area contributed by atoms with Gasteiger partial charge >= 0.3 is 0 Å². The molecule has 114 valence electrons. The summed E-state index contributed by atoms with van der Waals surface area (Å²) in [4.78, 5) is 14.5. The number of Topliss-reactive ketones (excluding diaryl/α,β-unsaturated/α-hetero) is 1. The molecule has 1 aliphatic carbocycles. The van der Waals surface area contributed by atoms with Crippen molar-refractivity contribution in [1.29, 1.82) is 0 Å². The SMILES string of the molecule is O=C(CN1CCC2(CCCC2)CC1)c1ccc(O)cc1O. The number of phenols is 2. The number of hydrogen-bond donors (Lipinski definition) is 2. The first-order valence-electron chi connectivity index (χ1n) is 7.86. The van der Waals surface area contributed by atoms with E-state index in [1.807, 2.05) is 0 Å². The molecule has 4 nitrogen and oxygen atoms in total. The Hall–Kier alpha value is -1.55. The molecule has 3 rings (SSSR count). The van der Waals surface area contributed by atoms with Gasteiger partial charge < -0.3 is 10.2 Å². The molecule has 4 heteroatoms. The van der Waals surface area contributed by atoms with Gasteiger partial charge in [0.15, 0.2) is 5.78 Å². The minimum Gasteiger partial charge on any atom is -0.508 e. The van der Waals surface area contributed by atoms with Gasteiger partial charge in [0, 0.05) is 6.07 Å². The zero-order chi connectivity index (χ0) is 14.9. The van der Waals surface area contributed by atoms with Gasteiger partial charge in [-0.2, -0.15) is 0 Å². The molecule has 1 aromatic rings. The second-order valence-electron chi connectivity index (χ2n) is 6.61. The average Bonchev–Trinajstić information content (AvgIpc) is 2.90. The number of nitrogens with zero attached hydrogens (tertiary/aromatic N) is 1. The molecule has 1 saturated carbocycles. The van der Waals surface area contributed by atoms with Gasteiger partial charge in [0.1, 0.15) is 11.5 Å². The molecule has 0 aromatic heterocycles. The summed E-state index contributed by atoms with van der Waals surface area (Å²) in [6.07, 6.45) is 7.82. The summed E-state index contributed by atoms with van der Waals surface area (Å²) in [5.41, 5.74) is 0.856. The Bertz CT molecular complexity index is 525. The molecular weight excluding hydrogens is 266 g/mol. The van der Waals surface area contributed by atoms with Crippen LogP contribution in [0.2, 0.25) is 0 Å². The molecule has 2 fully saturated rings. The normalized spacial score (nSPS) is 21.7. The molecule has 1 saturated heterocycles. The molecule has 1 aromatic carbocycles. The molecule has 0 unspecified atom stereocenters. The number of ketones is 1. The van der Waals surface area contributed by atoms with E-state index in [1.54, 1.807) is 0 Å². The number of carbonyl (C=O) groups excluding carboxylic acids is 1. The maximum atomic E-state index is 12.3. The van der Waals surface area contributed by atoms with E-state index in [0.29, 0.717) is 17.5 Å². The van der Waals surface area contributed by atoms with Gasteiger partial charge in [-0.15, -0.1) is 0 Å². The van der Waals surface area contributed by atoms with Gasteiger partial charge in [0.2, 0.25) is 0 Å². The highest BCUT2D eigenvalue weighted by molar-refractivity contribution is 6.00. The molecule has 1 aliphatic heterocycles. The minimum absolute atomic E-state index is 0.0230. The van der Waals surface area contributed by atoms with Crippen molar-refractivity contribution in [3.8, 4) is 11.5 Å². The van der Waals surface area contributed by atoms with E-state index in [4.69, 9.17) is 0 Å². The minimum atomic E-state index is -0.135. The zero-order valence-electron chi connectivity index (χ0n) is 12.3. The molecule has 0 amide bonds. The van der Waals surface area contributed by atoms with Crippen molar-refractivity contribution >= 4 is 5.78 Å². The number of hydrogen-bond acceptors (Lipinski definition) is 4. The number of piperidine rings is 1. The van der Waals surface area contributed by atoms with Crippen LogP contribution in [0.4, 0.5) is 0 Å². The van der Waals surface area contributed by atoms with Crippen LogP contribution in [-0.4, -0.2) is 40.5 Å². The third-order valence-corrected chi connectivity index (χ3v) is 5.23. The largest absolute Gasteiger partial charge is 0.508 e. The molecule has 0 atom stereocenters. The number of likely N-dealkylation sites (tertiary alicyclic amines) is 1. The van der Waals surface area contributed by atoms with Gasteiger partial charge in [-0.25, -0.2) is 0 Å². The van der Waals surface area contributed by atoms with Crippen molar-refractivity contribution in [3.63, 3.8) is 0 Å². The maximum absolute atomic E-state index is 12.3. The van der Waals surface area contributed by atoms with Gasteiger partial charge in [-0.1, -0.05) is 12.8 Å². The summed E-state index contributed by atoms with van der Waals surface area (Å²) in [5, 5.41) is 19.0. The number of carbonyl (C=O) groups is 1. The lowest BCUT2D eigenvalue weighted by Crippen LogP contribution is -2.41. The van der Waals surface area contributed by atoms with E-state index < -0.39 is 0 Å². The van der Waals surface area contributed by atoms with E-state index >= 15 is 0 Å². The molecule has 0 bridgehead atoms. The first-order valence-corrected chi connectivity index (χ1v) is 7.86. The third-order valence-electron chi connectivity index (χ3n) is 5.23. The first-order chi connectivity index (χ1) is 10.1. The fourth-order valence-corrected chi connectivity index (χ4v) is 3.85. The molecular formula is C17H23NO3. The summed E-state index contributed by atoms with van der Waals surface area (Å²) in [5.74, 6) is -0.232. The van der Waals surface area contributed by atoms with Gasteiger partial charge in [0.25, 0.3) is 0 Å². The van der Waals surface area contributed by atoms with E-state index in [9.17, 15) is 15.0 Å². The van der Waals surface area contributed by atoms with Crippen LogP contribution in [-0.2, 0) is 0 Å². The number of phenolic OH excluding ortho intramolecular Hbond substituents is 2. The molecule has 1 heterocycles. The zero-order valence-corrected chi connectivity index (χ0v) is 12.3. The lowest BCUT2D eigenvalue weighted by molar-refractivity contribution is 0.0795. The Labute approximate surface area is 125 Å². The van der Waals surface area contributed by atoms with E-state index in [1.165, 1.54) is 56.7 Å². The number of aromatic hydroxyl groups is 2. The average molecular weight is 289 g/mol. The smallest absolute Gasteiger partial charge is 0.180 e. The topological polar surface area (TPSA) is 60.8 Å². The summed E-state index contributed by atoms with van der Waals surface area (Å²) in [6, 6.07) is 4.16. The predicted octanol–water partition coefficient (Wildman–Crippen LogP) is 2.94. The lowest BCUT2D eigenvalue weighted by Gasteiger charge is -2.39. The summed E-state index contributed by atoms with van der Waals surface area (Å²) < 4.78 is 0. The maximum Gasteiger partial charge on any atom is 0.180 e. The van der Waals surface area contributed by atoms with Crippen molar-refractivity contribution in [3.05, 3.63) is 23.8 Å². The van der Waals surface area contributed by atoms with Crippen LogP contribution in [0.15, 0.2) is 18.2 Å². The fourth-order valence-electron chi connectivity index (χ4n) is 3.85. The van der Waals surface area contributed by atoms with Gasteiger partial charge in [-0.05, 0) is 56.3 Å². The molecule has 1 spiro atoms. The van der Waals surface area contributed by atoms with Crippen LogP contribution in [0.5, 0.6) is 11.5 Å². The molecule has 0 radical (unpaired) electrons. The van der Waals surface area contributed by atoms with Crippen LogP contribution in [0.1, 0.15) is 48.9 Å². The quantitative estimate of drug-likeness (QED) is 0.840. The van der Waals surface area contributed by atoms with Crippen LogP contribution < -0.4 is 0 Å². The van der Waals surface area contributed by atoms with E-state index in [2.05, 4.69) is 4.90 Å². The van der Waals surface area contributed by atoms with E-state index in [-0.39, 0.29) is 17.3 Å². The highest BCUT2D eigenvalue weighted by Gasteiger charge is 2.37. The van der Waals surface area contributed by atoms with Crippen LogP contribution in [0.3, 0.4) is 0 Å². The standard InChI is InChI=1S/C17H23NO3/c19-13-3-4-14(15(20)11-13)16(21)12-18-9-7-17(8-10-18)5-1-2-6-17/h3-4,11,19-20H,1-2,5-10,12H2. The van der Waals surface area contributed by atoms with Crippen molar-refractivity contribution in [2.75, 3.05) is 19.6 Å². The van der Waals surface area contributed by atoms with Crippen molar-refractivity contribution < 1.29 is 15.0 Å². The Morgan fingerprint density at radius 2 is 1.76 bits per heavy atom. The Kier molecular flexibility index (Phi) is 3.89.